The summed E-state index contributed by atoms with van der Waals surface area (Å²) >= 11 is 0. The fourth-order valence-electron chi connectivity index (χ4n) is 6.39. The van der Waals surface area contributed by atoms with Gasteiger partial charge in [0.2, 0.25) is 0 Å². The molecule has 2 heterocycles. The average molecular weight is 554 g/mol. The van der Waals surface area contributed by atoms with E-state index in [4.69, 9.17) is 4.74 Å². The van der Waals surface area contributed by atoms with Gasteiger partial charge in [-0.05, 0) is 85.9 Å². The van der Waals surface area contributed by atoms with Crippen molar-refractivity contribution in [3.05, 3.63) is 76.4 Å². The summed E-state index contributed by atoms with van der Waals surface area (Å²) in [5, 5.41) is 11.8. The highest BCUT2D eigenvalue weighted by Gasteiger charge is 2.42. The number of alkyl halides is 3. The lowest BCUT2D eigenvalue weighted by atomic mass is 9.70. The van der Waals surface area contributed by atoms with E-state index in [1.807, 2.05) is 29.8 Å². The summed E-state index contributed by atoms with van der Waals surface area (Å²) in [4.78, 5) is 15.1. The van der Waals surface area contributed by atoms with Gasteiger partial charge < -0.3 is 19.5 Å². The van der Waals surface area contributed by atoms with Crippen LogP contribution in [0.15, 0.2) is 42.7 Å². The molecular formula is C30H34F3N5O2. The number of anilines is 1. The molecule has 0 bridgehead atoms. The van der Waals surface area contributed by atoms with Gasteiger partial charge in [0.25, 0.3) is 5.91 Å². The van der Waals surface area contributed by atoms with Gasteiger partial charge in [0.05, 0.1) is 18.2 Å². The van der Waals surface area contributed by atoms with Gasteiger partial charge in [0.1, 0.15) is 12.2 Å². The van der Waals surface area contributed by atoms with E-state index < -0.39 is 17.6 Å². The molecule has 212 valence electrons. The molecule has 3 aromatic rings. The van der Waals surface area contributed by atoms with E-state index in [9.17, 15) is 18.0 Å². The van der Waals surface area contributed by atoms with Crippen molar-refractivity contribution in [1.29, 1.82) is 0 Å². The standard InChI is InChI=1S/C30H34F3N5O2/c1-29(8-5-9-29)34-15-18-10-23-24(25(11-18)30(31,32)33)16-38(28(23)39)21-7-4-6-19(12-21)26(20-13-22(14-20)40-3)27-36-35-17-37(27)2/h4,6-7,10-12,17,20,22,26,34H,5,8-9,13-16H2,1-3H3/t20-,22-,26?. The summed E-state index contributed by atoms with van der Waals surface area (Å²) in [5.41, 5.74) is 1.37. The van der Waals surface area contributed by atoms with E-state index in [-0.39, 0.29) is 41.2 Å². The minimum Gasteiger partial charge on any atom is -0.381 e. The molecule has 0 saturated heterocycles. The summed E-state index contributed by atoms with van der Waals surface area (Å²) in [5.74, 6) is 0.603. The van der Waals surface area contributed by atoms with Crippen LogP contribution in [0.1, 0.15) is 83.4 Å². The van der Waals surface area contributed by atoms with E-state index in [1.54, 1.807) is 25.6 Å². The molecule has 0 radical (unpaired) electrons. The quantitative estimate of drug-likeness (QED) is 0.394. The van der Waals surface area contributed by atoms with Crippen LogP contribution in [0.4, 0.5) is 18.9 Å². The SMILES string of the molecule is CO[C@H]1C[C@H](C(c2cccc(N3Cc4c(cc(CNC5(C)CCC5)cc4C(F)(F)F)C3=O)c2)c2nncn2C)C1. The molecular weight excluding hydrogens is 519 g/mol. The number of rotatable bonds is 8. The molecule has 0 spiro atoms. The Morgan fingerprint density at radius 1 is 1.20 bits per heavy atom. The Kier molecular flexibility index (Phi) is 6.73. The maximum absolute atomic E-state index is 14.2. The van der Waals surface area contributed by atoms with Gasteiger partial charge in [0.15, 0.2) is 0 Å². The van der Waals surface area contributed by atoms with Crippen LogP contribution in [0, 0.1) is 5.92 Å². The van der Waals surface area contributed by atoms with Crippen molar-refractivity contribution < 1.29 is 22.7 Å². The van der Waals surface area contributed by atoms with E-state index >= 15 is 0 Å². The van der Waals surface area contributed by atoms with Gasteiger partial charge in [-0.3, -0.25) is 4.79 Å². The molecule has 1 N–H and O–H groups in total. The first-order valence-corrected chi connectivity index (χ1v) is 13.8. The predicted molar refractivity (Wildman–Crippen MR) is 144 cm³/mol. The number of benzene rings is 2. The Hall–Kier alpha value is -3.24. The van der Waals surface area contributed by atoms with Crippen LogP contribution in [0.3, 0.4) is 0 Å². The predicted octanol–water partition coefficient (Wildman–Crippen LogP) is 5.58. The molecule has 1 amide bonds. The van der Waals surface area contributed by atoms with Crippen LogP contribution < -0.4 is 10.2 Å². The monoisotopic (exact) mass is 553 g/mol. The first kappa shape index (κ1) is 27.0. The number of carbonyl (C=O) groups is 1. The normalized spacial score (nSPS) is 22.6. The molecule has 1 aliphatic heterocycles. The molecule has 2 aliphatic carbocycles. The van der Waals surface area contributed by atoms with Gasteiger partial charge in [-0.25, -0.2) is 0 Å². The van der Waals surface area contributed by atoms with Crippen molar-refractivity contribution in [2.75, 3.05) is 12.0 Å². The van der Waals surface area contributed by atoms with Crippen LogP contribution >= 0.6 is 0 Å². The number of aryl methyl sites for hydroxylation is 1. The third-order valence-electron chi connectivity index (χ3n) is 9.08. The zero-order valence-corrected chi connectivity index (χ0v) is 23.0. The summed E-state index contributed by atoms with van der Waals surface area (Å²) in [7, 11) is 3.61. The fourth-order valence-corrected chi connectivity index (χ4v) is 6.39. The number of halogens is 3. The number of nitrogens with zero attached hydrogens (tertiary/aromatic N) is 4. The number of fused-ring (bicyclic) bond motifs is 1. The maximum Gasteiger partial charge on any atom is 0.416 e. The van der Waals surface area contributed by atoms with Gasteiger partial charge in [-0.2, -0.15) is 13.2 Å². The largest absolute Gasteiger partial charge is 0.416 e. The molecule has 2 saturated carbocycles. The van der Waals surface area contributed by atoms with Gasteiger partial charge >= 0.3 is 6.18 Å². The highest BCUT2D eigenvalue weighted by molar-refractivity contribution is 6.10. The van der Waals surface area contributed by atoms with Gasteiger partial charge in [-0.1, -0.05) is 12.1 Å². The molecule has 7 nitrogen and oxygen atoms in total. The lowest BCUT2D eigenvalue weighted by Crippen LogP contribution is -2.47. The van der Waals surface area contributed by atoms with Crippen molar-refractivity contribution in [2.45, 2.75) is 75.9 Å². The first-order chi connectivity index (χ1) is 19.1. The van der Waals surface area contributed by atoms with Crippen LogP contribution in [-0.2, 0) is 31.1 Å². The Balaban J connectivity index is 1.32. The van der Waals surface area contributed by atoms with Crippen molar-refractivity contribution in [1.82, 2.24) is 20.1 Å². The van der Waals surface area contributed by atoms with Crippen molar-refractivity contribution in [3.8, 4) is 0 Å². The highest BCUT2D eigenvalue weighted by Crippen LogP contribution is 2.45. The molecule has 1 atom stereocenters. The lowest BCUT2D eigenvalue weighted by Gasteiger charge is -2.39. The number of methoxy groups -OCH3 is 1. The summed E-state index contributed by atoms with van der Waals surface area (Å²) in [6.45, 7) is 2.25. The third kappa shape index (κ3) is 4.81. The van der Waals surface area contributed by atoms with Crippen LogP contribution in [-0.4, -0.2) is 39.4 Å². The molecule has 3 aliphatic rings. The van der Waals surface area contributed by atoms with Crippen LogP contribution in [0.5, 0.6) is 0 Å². The topological polar surface area (TPSA) is 72.3 Å². The maximum atomic E-state index is 14.2. The summed E-state index contributed by atoms with van der Waals surface area (Å²) in [6.07, 6.45) is 2.14. The number of hydrogen-bond acceptors (Lipinski definition) is 5. The zero-order valence-electron chi connectivity index (χ0n) is 23.0. The highest BCUT2D eigenvalue weighted by atomic mass is 19.4. The first-order valence-electron chi connectivity index (χ1n) is 13.8. The van der Waals surface area contributed by atoms with E-state index in [0.717, 1.165) is 43.5 Å². The molecule has 6 rings (SSSR count). The number of aromatic nitrogens is 3. The van der Waals surface area contributed by atoms with Crippen LogP contribution in [0.2, 0.25) is 0 Å². The Morgan fingerprint density at radius 3 is 2.60 bits per heavy atom. The smallest absolute Gasteiger partial charge is 0.381 e. The molecule has 1 aromatic heterocycles. The number of ether oxygens (including phenoxy) is 1. The summed E-state index contributed by atoms with van der Waals surface area (Å²) in [6, 6.07) is 10.4. The number of carbonyl (C=O) groups excluding carboxylic acids is 1. The second kappa shape index (κ2) is 9.99. The number of hydrogen-bond donors (Lipinski definition) is 1. The summed E-state index contributed by atoms with van der Waals surface area (Å²) < 4.78 is 50.0. The van der Waals surface area contributed by atoms with E-state index in [2.05, 4.69) is 22.4 Å². The molecule has 40 heavy (non-hydrogen) atoms. The third-order valence-corrected chi connectivity index (χ3v) is 9.08. The second-order valence-corrected chi connectivity index (χ2v) is 11.8. The number of amides is 1. The van der Waals surface area contributed by atoms with E-state index in [0.29, 0.717) is 17.8 Å². The minimum atomic E-state index is -4.56. The van der Waals surface area contributed by atoms with Crippen molar-refractivity contribution >= 4 is 11.6 Å². The molecule has 1 unspecified atom stereocenters. The van der Waals surface area contributed by atoms with Crippen molar-refractivity contribution in [2.24, 2.45) is 13.0 Å². The lowest BCUT2D eigenvalue weighted by molar-refractivity contribution is -0.138. The Morgan fingerprint density at radius 2 is 1.98 bits per heavy atom. The molecule has 2 aromatic carbocycles. The average Bonchev–Trinajstić information content (AvgIpc) is 3.45. The second-order valence-electron chi connectivity index (χ2n) is 11.8. The van der Waals surface area contributed by atoms with Crippen LogP contribution in [0.25, 0.3) is 0 Å². The number of nitrogens with one attached hydrogen (secondary N) is 1. The van der Waals surface area contributed by atoms with Gasteiger partial charge in [-0.15, -0.1) is 10.2 Å². The molecule has 10 heteroatoms. The Bertz CT molecular complexity index is 1420. The van der Waals surface area contributed by atoms with E-state index in [1.165, 1.54) is 11.0 Å². The zero-order chi connectivity index (χ0) is 28.2. The molecule has 2 fully saturated rings. The Labute approximate surface area is 231 Å². The minimum absolute atomic E-state index is 0.0355. The fraction of sp³-hybridized carbons (Fsp3) is 0.500. The van der Waals surface area contributed by atoms with Crippen molar-refractivity contribution in [3.63, 3.8) is 0 Å². The van der Waals surface area contributed by atoms with Gasteiger partial charge in [0, 0.05) is 43.4 Å².